The number of nitrogens with zero attached hydrogens (tertiary/aromatic N) is 1. The highest BCUT2D eigenvalue weighted by molar-refractivity contribution is 5.78. The molecule has 1 aliphatic rings. The Bertz CT molecular complexity index is 271. The standard InChI is InChI=1S/C15H31N3O/c1-11-8-12(2)10-18(9-11)7-5-6-17-15(19)13(3)14(4)16/h11-14H,5-10,16H2,1-4H3,(H,17,19). The molecule has 4 unspecified atom stereocenters. The summed E-state index contributed by atoms with van der Waals surface area (Å²) in [5, 5.41) is 2.98. The molecule has 3 N–H and O–H groups in total. The van der Waals surface area contributed by atoms with Gasteiger partial charge in [-0.1, -0.05) is 20.8 Å². The zero-order chi connectivity index (χ0) is 14.4. The molecule has 0 bridgehead atoms. The quantitative estimate of drug-likeness (QED) is 0.718. The second kappa shape index (κ2) is 7.85. The molecule has 1 saturated heterocycles. The zero-order valence-corrected chi connectivity index (χ0v) is 13.0. The van der Waals surface area contributed by atoms with E-state index in [9.17, 15) is 4.79 Å². The Morgan fingerprint density at radius 2 is 1.89 bits per heavy atom. The maximum atomic E-state index is 11.7. The number of amides is 1. The van der Waals surface area contributed by atoms with Crippen LogP contribution in [0.3, 0.4) is 0 Å². The Morgan fingerprint density at radius 1 is 1.32 bits per heavy atom. The minimum Gasteiger partial charge on any atom is -0.356 e. The van der Waals surface area contributed by atoms with Crippen molar-refractivity contribution in [2.24, 2.45) is 23.5 Å². The van der Waals surface area contributed by atoms with Gasteiger partial charge in [0.1, 0.15) is 0 Å². The highest BCUT2D eigenvalue weighted by Gasteiger charge is 2.21. The Labute approximate surface area is 118 Å². The van der Waals surface area contributed by atoms with Crippen LogP contribution in [0, 0.1) is 17.8 Å². The van der Waals surface area contributed by atoms with Crippen LogP contribution in [0.4, 0.5) is 0 Å². The first kappa shape index (κ1) is 16.4. The molecule has 4 heteroatoms. The second-order valence-corrected chi connectivity index (χ2v) is 6.50. The summed E-state index contributed by atoms with van der Waals surface area (Å²) in [4.78, 5) is 14.3. The molecule has 1 heterocycles. The minimum atomic E-state index is -0.102. The maximum absolute atomic E-state index is 11.7. The van der Waals surface area contributed by atoms with E-state index in [2.05, 4.69) is 24.1 Å². The third-order valence-electron chi connectivity index (χ3n) is 4.10. The molecule has 0 aromatic heterocycles. The van der Waals surface area contributed by atoms with Gasteiger partial charge in [-0.15, -0.1) is 0 Å². The van der Waals surface area contributed by atoms with E-state index in [0.717, 1.165) is 31.3 Å². The van der Waals surface area contributed by atoms with Crippen molar-refractivity contribution < 1.29 is 4.79 Å². The van der Waals surface area contributed by atoms with Gasteiger partial charge in [0.25, 0.3) is 0 Å². The number of rotatable bonds is 6. The van der Waals surface area contributed by atoms with E-state index >= 15 is 0 Å². The Hall–Kier alpha value is -0.610. The molecule has 112 valence electrons. The monoisotopic (exact) mass is 269 g/mol. The van der Waals surface area contributed by atoms with Crippen molar-refractivity contribution >= 4 is 5.91 Å². The van der Waals surface area contributed by atoms with E-state index < -0.39 is 0 Å². The van der Waals surface area contributed by atoms with Crippen LogP contribution in [0.15, 0.2) is 0 Å². The van der Waals surface area contributed by atoms with Crippen LogP contribution >= 0.6 is 0 Å². The molecule has 0 aliphatic carbocycles. The smallest absolute Gasteiger partial charge is 0.224 e. The lowest BCUT2D eigenvalue weighted by molar-refractivity contribution is -0.124. The van der Waals surface area contributed by atoms with Crippen LogP contribution in [0.25, 0.3) is 0 Å². The lowest BCUT2D eigenvalue weighted by Crippen LogP contribution is -2.41. The van der Waals surface area contributed by atoms with Crippen molar-refractivity contribution in [2.45, 2.75) is 46.6 Å². The first-order chi connectivity index (χ1) is 8.90. The number of likely N-dealkylation sites (tertiary alicyclic amines) is 1. The largest absolute Gasteiger partial charge is 0.356 e. The predicted molar refractivity (Wildman–Crippen MR) is 79.8 cm³/mol. The van der Waals surface area contributed by atoms with E-state index in [1.807, 2.05) is 13.8 Å². The molecule has 1 rings (SSSR count). The molecule has 1 aliphatic heterocycles. The molecule has 4 nitrogen and oxygen atoms in total. The van der Waals surface area contributed by atoms with Crippen LogP contribution in [-0.2, 0) is 4.79 Å². The molecular formula is C15H31N3O. The fourth-order valence-electron chi connectivity index (χ4n) is 2.89. The first-order valence-corrected chi connectivity index (χ1v) is 7.65. The van der Waals surface area contributed by atoms with Crippen molar-refractivity contribution in [3.8, 4) is 0 Å². The van der Waals surface area contributed by atoms with E-state index in [-0.39, 0.29) is 17.9 Å². The minimum absolute atomic E-state index is 0.0791. The van der Waals surface area contributed by atoms with Gasteiger partial charge in [-0.05, 0) is 38.1 Å². The van der Waals surface area contributed by atoms with E-state index in [1.54, 1.807) is 0 Å². The highest BCUT2D eigenvalue weighted by Crippen LogP contribution is 2.20. The van der Waals surface area contributed by atoms with Gasteiger partial charge < -0.3 is 16.0 Å². The number of carbonyl (C=O) groups is 1. The van der Waals surface area contributed by atoms with Crippen LogP contribution < -0.4 is 11.1 Å². The van der Waals surface area contributed by atoms with Crippen molar-refractivity contribution in [2.75, 3.05) is 26.2 Å². The number of nitrogens with two attached hydrogens (primary N) is 1. The maximum Gasteiger partial charge on any atom is 0.224 e. The van der Waals surface area contributed by atoms with Crippen LogP contribution in [0.1, 0.15) is 40.5 Å². The average Bonchev–Trinajstić information content (AvgIpc) is 2.32. The molecule has 0 radical (unpaired) electrons. The summed E-state index contributed by atoms with van der Waals surface area (Å²) in [7, 11) is 0. The third-order valence-corrected chi connectivity index (χ3v) is 4.10. The van der Waals surface area contributed by atoms with E-state index in [0.29, 0.717) is 0 Å². The number of hydrogen-bond acceptors (Lipinski definition) is 3. The average molecular weight is 269 g/mol. The van der Waals surface area contributed by atoms with Crippen molar-refractivity contribution in [1.82, 2.24) is 10.2 Å². The lowest BCUT2D eigenvalue weighted by Gasteiger charge is -2.35. The van der Waals surface area contributed by atoms with Gasteiger partial charge in [-0.3, -0.25) is 4.79 Å². The number of hydrogen-bond donors (Lipinski definition) is 2. The summed E-state index contributed by atoms with van der Waals surface area (Å²) in [5.74, 6) is 1.58. The van der Waals surface area contributed by atoms with Crippen molar-refractivity contribution in [1.29, 1.82) is 0 Å². The SMILES string of the molecule is CC1CC(C)CN(CCCNC(=O)C(C)C(C)N)C1. The van der Waals surface area contributed by atoms with Gasteiger partial charge in [0.15, 0.2) is 0 Å². The Balaban J connectivity index is 2.15. The molecule has 0 aromatic rings. The van der Waals surface area contributed by atoms with Gasteiger partial charge in [0.2, 0.25) is 5.91 Å². The summed E-state index contributed by atoms with van der Waals surface area (Å²) in [6, 6.07) is -0.0798. The molecule has 0 saturated carbocycles. The lowest BCUT2D eigenvalue weighted by atomic mass is 9.92. The summed E-state index contributed by atoms with van der Waals surface area (Å²) in [6.45, 7) is 12.7. The number of carbonyl (C=O) groups excluding carboxylic acids is 1. The number of nitrogens with one attached hydrogen (secondary N) is 1. The van der Waals surface area contributed by atoms with Crippen LogP contribution in [-0.4, -0.2) is 43.0 Å². The Kier molecular flexibility index (Phi) is 6.80. The van der Waals surface area contributed by atoms with Crippen molar-refractivity contribution in [3.05, 3.63) is 0 Å². The Morgan fingerprint density at radius 3 is 2.42 bits per heavy atom. The molecule has 1 amide bonds. The highest BCUT2D eigenvalue weighted by atomic mass is 16.1. The molecule has 0 spiro atoms. The summed E-state index contributed by atoms with van der Waals surface area (Å²) in [6.07, 6.45) is 2.37. The molecular weight excluding hydrogens is 238 g/mol. The molecule has 1 fully saturated rings. The van der Waals surface area contributed by atoms with Gasteiger partial charge in [0, 0.05) is 31.6 Å². The van der Waals surface area contributed by atoms with Gasteiger partial charge in [-0.2, -0.15) is 0 Å². The van der Waals surface area contributed by atoms with Crippen molar-refractivity contribution in [3.63, 3.8) is 0 Å². The van der Waals surface area contributed by atoms with E-state index in [1.165, 1.54) is 19.5 Å². The van der Waals surface area contributed by atoms with Gasteiger partial charge >= 0.3 is 0 Å². The van der Waals surface area contributed by atoms with Gasteiger partial charge in [0.05, 0.1) is 0 Å². The number of piperidine rings is 1. The normalized spacial score (nSPS) is 27.8. The fourth-order valence-corrected chi connectivity index (χ4v) is 2.89. The van der Waals surface area contributed by atoms with Crippen LogP contribution in [0.2, 0.25) is 0 Å². The molecule has 19 heavy (non-hydrogen) atoms. The first-order valence-electron chi connectivity index (χ1n) is 7.65. The predicted octanol–water partition coefficient (Wildman–Crippen LogP) is 1.45. The second-order valence-electron chi connectivity index (χ2n) is 6.50. The third kappa shape index (κ3) is 5.91. The van der Waals surface area contributed by atoms with Gasteiger partial charge in [-0.25, -0.2) is 0 Å². The summed E-state index contributed by atoms with van der Waals surface area (Å²) in [5.41, 5.74) is 5.72. The molecule has 4 atom stereocenters. The van der Waals surface area contributed by atoms with Crippen LogP contribution in [0.5, 0.6) is 0 Å². The molecule has 0 aromatic carbocycles. The topological polar surface area (TPSA) is 58.4 Å². The summed E-state index contributed by atoms with van der Waals surface area (Å²) >= 11 is 0. The fraction of sp³-hybridized carbons (Fsp3) is 0.933. The zero-order valence-electron chi connectivity index (χ0n) is 13.0. The van der Waals surface area contributed by atoms with E-state index in [4.69, 9.17) is 5.73 Å². The summed E-state index contributed by atoms with van der Waals surface area (Å²) < 4.78 is 0.